The van der Waals surface area contributed by atoms with Gasteiger partial charge in [-0.05, 0) is 37.0 Å². The van der Waals surface area contributed by atoms with Crippen LogP contribution in [0.1, 0.15) is 59.8 Å². The fourth-order valence-electron chi connectivity index (χ4n) is 2.82. The third-order valence-corrected chi connectivity index (χ3v) is 3.68. The first-order valence-corrected chi connectivity index (χ1v) is 7.78. The predicted octanol–water partition coefficient (Wildman–Crippen LogP) is 3.48. The van der Waals surface area contributed by atoms with Crippen LogP contribution >= 0.6 is 0 Å². The second kappa shape index (κ2) is 7.88. The van der Waals surface area contributed by atoms with Gasteiger partial charge < -0.3 is 9.64 Å². The monoisotopic (exact) mass is 269 g/mol. The molecule has 19 heavy (non-hydrogen) atoms. The average Bonchev–Trinajstić information content (AvgIpc) is 2.33. The number of rotatable bonds is 6. The zero-order valence-corrected chi connectivity index (χ0v) is 13.2. The van der Waals surface area contributed by atoms with Crippen LogP contribution in [0.15, 0.2) is 0 Å². The summed E-state index contributed by atoms with van der Waals surface area (Å²) in [4.78, 5) is 14.0. The normalized spacial score (nSPS) is 17.8. The highest BCUT2D eigenvalue weighted by molar-refractivity contribution is 5.76. The molecule has 1 aliphatic rings. The second-order valence-corrected chi connectivity index (χ2v) is 6.95. The summed E-state index contributed by atoms with van der Waals surface area (Å²) in [5.74, 6) is 1.06. The van der Waals surface area contributed by atoms with Gasteiger partial charge in [0.05, 0.1) is 13.0 Å². The van der Waals surface area contributed by atoms with Crippen LogP contribution in [0, 0.1) is 11.3 Å². The first kappa shape index (κ1) is 16.5. The number of hydrogen-bond acceptors (Lipinski definition) is 2. The summed E-state index contributed by atoms with van der Waals surface area (Å²) >= 11 is 0. The summed E-state index contributed by atoms with van der Waals surface area (Å²) in [7, 11) is 0. The number of carbonyl (C=O) groups excluding carboxylic acids is 1. The van der Waals surface area contributed by atoms with Crippen LogP contribution in [0.3, 0.4) is 0 Å². The molecule has 0 bridgehead atoms. The van der Waals surface area contributed by atoms with Gasteiger partial charge in [-0.2, -0.15) is 0 Å². The van der Waals surface area contributed by atoms with Crippen molar-refractivity contribution in [1.29, 1.82) is 0 Å². The Hall–Kier alpha value is -0.570. The summed E-state index contributed by atoms with van der Waals surface area (Å²) in [6.45, 7) is 12.2. The maximum absolute atomic E-state index is 12.0. The number of hydrogen-bond donors (Lipinski definition) is 0. The molecule has 0 aromatic heterocycles. The van der Waals surface area contributed by atoms with Gasteiger partial charge in [0.25, 0.3) is 0 Å². The number of nitrogens with zero attached hydrogens (tertiary/aromatic N) is 1. The lowest BCUT2D eigenvalue weighted by atomic mass is 9.80. The standard InChI is InChI=1S/C16H31NO2/c1-5-11-19-12-8-15(18)17-9-6-14(7-10-17)13-16(2,3)4/h14H,5-13H2,1-4H3. The topological polar surface area (TPSA) is 29.5 Å². The van der Waals surface area contributed by atoms with Crippen LogP contribution in [0.2, 0.25) is 0 Å². The van der Waals surface area contributed by atoms with E-state index in [0.29, 0.717) is 18.4 Å². The van der Waals surface area contributed by atoms with E-state index in [1.807, 2.05) is 4.90 Å². The third-order valence-electron chi connectivity index (χ3n) is 3.68. The van der Waals surface area contributed by atoms with Gasteiger partial charge in [-0.1, -0.05) is 27.7 Å². The molecule has 3 nitrogen and oxygen atoms in total. The van der Waals surface area contributed by atoms with Crippen molar-refractivity contribution in [3.63, 3.8) is 0 Å². The van der Waals surface area contributed by atoms with Gasteiger partial charge in [0.2, 0.25) is 5.91 Å². The van der Waals surface area contributed by atoms with Crippen LogP contribution < -0.4 is 0 Å². The van der Waals surface area contributed by atoms with Crippen LogP contribution in [0.25, 0.3) is 0 Å². The molecule has 0 radical (unpaired) electrons. The molecule has 1 amide bonds. The number of likely N-dealkylation sites (tertiary alicyclic amines) is 1. The fraction of sp³-hybridized carbons (Fsp3) is 0.938. The molecule has 0 unspecified atom stereocenters. The zero-order valence-electron chi connectivity index (χ0n) is 13.2. The lowest BCUT2D eigenvalue weighted by molar-refractivity contribution is -0.133. The van der Waals surface area contributed by atoms with Crippen molar-refractivity contribution < 1.29 is 9.53 Å². The highest BCUT2D eigenvalue weighted by atomic mass is 16.5. The SMILES string of the molecule is CCCOCCC(=O)N1CCC(CC(C)(C)C)CC1. The maximum Gasteiger partial charge on any atom is 0.224 e. The van der Waals surface area contributed by atoms with Crippen molar-refractivity contribution >= 4 is 5.91 Å². The van der Waals surface area contributed by atoms with E-state index in [1.165, 1.54) is 19.3 Å². The maximum atomic E-state index is 12.0. The van der Waals surface area contributed by atoms with Crippen LogP contribution in [0.4, 0.5) is 0 Å². The van der Waals surface area contributed by atoms with Gasteiger partial charge in [-0.3, -0.25) is 4.79 Å². The Labute approximate surface area is 118 Å². The molecule has 1 heterocycles. The molecule has 112 valence electrons. The number of carbonyl (C=O) groups is 1. The van der Waals surface area contributed by atoms with Crippen molar-refractivity contribution in [2.75, 3.05) is 26.3 Å². The van der Waals surface area contributed by atoms with Gasteiger partial charge >= 0.3 is 0 Å². The molecule has 0 spiro atoms. The Kier molecular flexibility index (Phi) is 6.84. The Morgan fingerprint density at radius 2 is 1.84 bits per heavy atom. The smallest absolute Gasteiger partial charge is 0.224 e. The minimum absolute atomic E-state index is 0.269. The molecular formula is C16H31NO2. The van der Waals surface area contributed by atoms with E-state index in [1.54, 1.807) is 0 Å². The Morgan fingerprint density at radius 3 is 2.37 bits per heavy atom. The average molecular weight is 269 g/mol. The van der Waals surface area contributed by atoms with E-state index in [-0.39, 0.29) is 5.91 Å². The van der Waals surface area contributed by atoms with Crippen molar-refractivity contribution in [1.82, 2.24) is 4.90 Å². The van der Waals surface area contributed by atoms with Crippen molar-refractivity contribution in [2.24, 2.45) is 11.3 Å². The van der Waals surface area contributed by atoms with Crippen molar-refractivity contribution in [2.45, 2.75) is 59.8 Å². The highest BCUT2D eigenvalue weighted by Crippen LogP contribution is 2.30. The summed E-state index contributed by atoms with van der Waals surface area (Å²) in [5.41, 5.74) is 0.408. The molecule has 0 aromatic rings. The molecule has 1 rings (SSSR count). The molecule has 0 N–H and O–H groups in total. The first-order valence-electron chi connectivity index (χ1n) is 7.78. The van der Waals surface area contributed by atoms with E-state index < -0.39 is 0 Å². The molecule has 3 heteroatoms. The zero-order chi connectivity index (χ0) is 14.3. The van der Waals surface area contributed by atoms with Gasteiger partial charge in [0.15, 0.2) is 0 Å². The van der Waals surface area contributed by atoms with E-state index in [9.17, 15) is 4.79 Å². The van der Waals surface area contributed by atoms with Gasteiger partial charge in [0, 0.05) is 19.7 Å². The fourth-order valence-corrected chi connectivity index (χ4v) is 2.82. The predicted molar refractivity (Wildman–Crippen MR) is 79.1 cm³/mol. The van der Waals surface area contributed by atoms with E-state index in [2.05, 4.69) is 27.7 Å². The number of ether oxygens (including phenoxy) is 1. The summed E-state index contributed by atoms with van der Waals surface area (Å²) in [5, 5.41) is 0. The summed E-state index contributed by atoms with van der Waals surface area (Å²) in [6.07, 6.45) is 5.17. The summed E-state index contributed by atoms with van der Waals surface area (Å²) < 4.78 is 5.38. The largest absolute Gasteiger partial charge is 0.381 e. The number of amides is 1. The molecule has 0 aromatic carbocycles. The summed E-state index contributed by atoms with van der Waals surface area (Å²) in [6, 6.07) is 0. The Morgan fingerprint density at radius 1 is 1.21 bits per heavy atom. The second-order valence-electron chi connectivity index (χ2n) is 6.95. The van der Waals surface area contributed by atoms with E-state index in [4.69, 9.17) is 4.74 Å². The molecule has 1 saturated heterocycles. The highest BCUT2D eigenvalue weighted by Gasteiger charge is 2.25. The molecule has 1 fully saturated rings. The molecule has 1 aliphatic heterocycles. The van der Waals surface area contributed by atoms with Gasteiger partial charge in [-0.15, -0.1) is 0 Å². The van der Waals surface area contributed by atoms with Crippen molar-refractivity contribution in [3.8, 4) is 0 Å². The van der Waals surface area contributed by atoms with E-state index in [0.717, 1.165) is 32.0 Å². The molecular weight excluding hydrogens is 238 g/mol. The molecule has 0 aliphatic carbocycles. The Balaban J connectivity index is 2.20. The first-order chi connectivity index (χ1) is 8.92. The number of piperidine rings is 1. The molecule has 0 saturated carbocycles. The Bertz CT molecular complexity index is 262. The quantitative estimate of drug-likeness (QED) is 0.691. The van der Waals surface area contributed by atoms with Crippen molar-refractivity contribution in [3.05, 3.63) is 0 Å². The van der Waals surface area contributed by atoms with Gasteiger partial charge in [0.1, 0.15) is 0 Å². The molecule has 0 atom stereocenters. The minimum atomic E-state index is 0.269. The third kappa shape index (κ3) is 6.95. The van der Waals surface area contributed by atoms with E-state index >= 15 is 0 Å². The lowest BCUT2D eigenvalue weighted by Crippen LogP contribution is -2.39. The minimum Gasteiger partial charge on any atom is -0.381 e. The lowest BCUT2D eigenvalue weighted by Gasteiger charge is -2.35. The van der Waals surface area contributed by atoms with Crippen LogP contribution in [-0.4, -0.2) is 37.1 Å². The van der Waals surface area contributed by atoms with Crippen LogP contribution in [0.5, 0.6) is 0 Å². The van der Waals surface area contributed by atoms with Gasteiger partial charge in [-0.25, -0.2) is 0 Å². The van der Waals surface area contributed by atoms with Crippen LogP contribution in [-0.2, 0) is 9.53 Å².